The van der Waals surface area contributed by atoms with Crippen molar-refractivity contribution in [3.63, 3.8) is 0 Å². The Balaban J connectivity index is 1.56. The van der Waals surface area contributed by atoms with Crippen molar-refractivity contribution in [1.29, 1.82) is 0 Å². The van der Waals surface area contributed by atoms with Gasteiger partial charge in [0.1, 0.15) is 13.2 Å². The Morgan fingerprint density at radius 2 is 2.04 bits per heavy atom. The molecule has 0 aliphatic carbocycles. The Morgan fingerprint density at radius 3 is 2.82 bits per heavy atom. The minimum absolute atomic E-state index is 0.417. The summed E-state index contributed by atoms with van der Waals surface area (Å²) in [6.07, 6.45) is 2.76. The molecular formula is C20H18ClNO6. The Morgan fingerprint density at radius 1 is 1.21 bits per heavy atom. The summed E-state index contributed by atoms with van der Waals surface area (Å²) < 4.78 is 21.3. The van der Waals surface area contributed by atoms with Crippen molar-refractivity contribution >= 4 is 35.2 Å². The van der Waals surface area contributed by atoms with Gasteiger partial charge in [0.05, 0.1) is 7.11 Å². The molecule has 0 fully saturated rings. The highest BCUT2D eigenvalue weighted by Crippen LogP contribution is 2.40. The van der Waals surface area contributed by atoms with E-state index in [0.29, 0.717) is 46.7 Å². The molecular weight excluding hydrogens is 386 g/mol. The zero-order chi connectivity index (χ0) is 19.9. The Bertz CT molecular complexity index is 894. The molecule has 146 valence electrons. The van der Waals surface area contributed by atoms with E-state index < -0.39 is 18.5 Å². The number of esters is 1. The van der Waals surface area contributed by atoms with Crippen molar-refractivity contribution in [2.75, 3.05) is 32.2 Å². The van der Waals surface area contributed by atoms with Crippen LogP contribution in [-0.2, 0) is 14.3 Å². The molecule has 0 radical (unpaired) electrons. The normalized spacial score (nSPS) is 12.5. The zero-order valence-corrected chi connectivity index (χ0v) is 15.8. The second-order valence-corrected chi connectivity index (χ2v) is 6.18. The zero-order valence-electron chi connectivity index (χ0n) is 15.1. The Hall–Kier alpha value is -3.19. The van der Waals surface area contributed by atoms with Gasteiger partial charge in [0, 0.05) is 16.8 Å². The maximum Gasteiger partial charge on any atom is 0.331 e. The van der Waals surface area contributed by atoms with Gasteiger partial charge < -0.3 is 24.3 Å². The Labute approximate surface area is 166 Å². The number of hydrogen-bond donors (Lipinski definition) is 1. The minimum atomic E-state index is -0.657. The first-order valence-electron chi connectivity index (χ1n) is 8.43. The van der Waals surface area contributed by atoms with E-state index >= 15 is 0 Å². The molecule has 1 N–H and O–H groups in total. The lowest BCUT2D eigenvalue weighted by Gasteiger charge is -2.20. The number of rotatable bonds is 6. The van der Waals surface area contributed by atoms with Gasteiger partial charge in [0.15, 0.2) is 18.1 Å². The van der Waals surface area contributed by atoms with Gasteiger partial charge in [0.25, 0.3) is 5.91 Å². The summed E-state index contributed by atoms with van der Waals surface area (Å²) in [5, 5.41) is 3.08. The monoisotopic (exact) mass is 403 g/mol. The van der Waals surface area contributed by atoms with E-state index in [1.54, 1.807) is 36.4 Å². The molecule has 0 atom stereocenters. The molecule has 8 heteroatoms. The number of methoxy groups -OCH3 is 1. The van der Waals surface area contributed by atoms with Crippen LogP contribution < -0.4 is 19.5 Å². The van der Waals surface area contributed by atoms with Crippen LogP contribution in [0.5, 0.6) is 17.2 Å². The van der Waals surface area contributed by atoms with E-state index in [1.807, 2.05) is 0 Å². The van der Waals surface area contributed by atoms with Crippen LogP contribution in [0.1, 0.15) is 5.56 Å². The van der Waals surface area contributed by atoms with Crippen molar-refractivity contribution < 1.29 is 28.5 Å². The summed E-state index contributed by atoms with van der Waals surface area (Å²) in [6.45, 7) is 0.468. The van der Waals surface area contributed by atoms with Gasteiger partial charge in [-0.05, 0) is 42.0 Å². The minimum Gasteiger partial charge on any atom is -0.493 e. The SMILES string of the molecule is COc1cc(/C=C/C(=O)OCC(=O)Nc2cccc(Cl)c2)cc2c1OCCO2. The van der Waals surface area contributed by atoms with E-state index in [0.717, 1.165) is 0 Å². The standard InChI is InChI=1S/C20H18ClNO6/c1-25-16-9-13(10-17-20(16)27-8-7-26-17)5-6-19(24)28-12-18(23)22-15-4-2-3-14(21)11-15/h2-6,9-11H,7-8,12H2,1H3,(H,22,23)/b6-5+. The van der Waals surface area contributed by atoms with Gasteiger partial charge in [-0.1, -0.05) is 17.7 Å². The van der Waals surface area contributed by atoms with Crippen molar-refractivity contribution in [3.05, 3.63) is 53.1 Å². The number of carbonyl (C=O) groups excluding carboxylic acids is 2. The van der Waals surface area contributed by atoms with Gasteiger partial charge in [-0.25, -0.2) is 4.79 Å². The summed E-state index contributed by atoms with van der Waals surface area (Å²) in [6, 6.07) is 10.1. The van der Waals surface area contributed by atoms with Crippen molar-refractivity contribution in [2.24, 2.45) is 0 Å². The first-order chi connectivity index (χ1) is 13.5. The summed E-state index contributed by atoms with van der Waals surface area (Å²) in [5.74, 6) is 0.455. The lowest BCUT2D eigenvalue weighted by Crippen LogP contribution is -2.20. The molecule has 0 aromatic heterocycles. The number of benzene rings is 2. The van der Waals surface area contributed by atoms with E-state index in [1.165, 1.54) is 19.3 Å². The number of ether oxygens (including phenoxy) is 4. The van der Waals surface area contributed by atoms with E-state index in [4.69, 9.17) is 30.5 Å². The molecule has 1 aliphatic rings. The maximum absolute atomic E-state index is 11.9. The fraction of sp³-hybridized carbons (Fsp3) is 0.200. The lowest BCUT2D eigenvalue weighted by atomic mass is 10.1. The van der Waals surface area contributed by atoms with Crippen LogP contribution in [0.15, 0.2) is 42.5 Å². The molecule has 0 saturated carbocycles. The molecule has 7 nitrogen and oxygen atoms in total. The highest BCUT2D eigenvalue weighted by molar-refractivity contribution is 6.30. The Kier molecular flexibility index (Phi) is 6.39. The average Bonchev–Trinajstić information content (AvgIpc) is 2.70. The van der Waals surface area contributed by atoms with Crippen LogP contribution in [0.25, 0.3) is 6.08 Å². The number of carbonyl (C=O) groups is 2. The molecule has 3 rings (SSSR count). The predicted octanol–water partition coefficient (Wildman–Crippen LogP) is 3.31. The molecule has 0 unspecified atom stereocenters. The van der Waals surface area contributed by atoms with Gasteiger partial charge >= 0.3 is 5.97 Å². The third kappa shape index (κ3) is 5.17. The number of hydrogen-bond acceptors (Lipinski definition) is 6. The predicted molar refractivity (Wildman–Crippen MR) is 104 cm³/mol. The first-order valence-corrected chi connectivity index (χ1v) is 8.81. The van der Waals surface area contributed by atoms with Gasteiger partial charge in [0.2, 0.25) is 5.75 Å². The van der Waals surface area contributed by atoms with Crippen LogP contribution in [0, 0.1) is 0 Å². The number of nitrogens with one attached hydrogen (secondary N) is 1. The lowest BCUT2D eigenvalue weighted by molar-refractivity contribution is -0.142. The van der Waals surface area contributed by atoms with Crippen LogP contribution in [0.4, 0.5) is 5.69 Å². The van der Waals surface area contributed by atoms with Crippen LogP contribution in [0.2, 0.25) is 5.02 Å². The molecule has 0 saturated heterocycles. The van der Waals surface area contributed by atoms with Crippen LogP contribution in [0.3, 0.4) is 0 Å². The highest BCUT2D eigenvalue weighted by Gasteiger charge is 2.17. The molecule has 0 spiro atoms. The molecule has 2 aromatic carbocycles. The first kappa shape index (κ1) is 19.6. The van der Waals surface area contributed by atoms with Crippen molar-refractivity contribution in [1.82, 2.24) is 0 Å². The third-order valence-corrected chi connectivity index (χ3v) is 3.95. The molecule has 1 aliphatic heterocycles. The quantitative estimate of drug-likeness (QED) is 0.588. The number of halogens is 1. The number of anilines is 1. The van der Waals surface area contributed by atoms with Crippen molar-refractivity contribution in [2.45, 2.75) is 0 Å². The molecule has 1 heterocycles. The highest BCUT2D eigenvalue weighted by atomic mass is 35.5. The summed E-state index contributed by atoms with van der Waals surface area (Å²) in [4.78, 5) is 23.7. The number of amides is 1. The molecule has 0 bridgehead atoms. The largest absolute Gasteiger partial charge is 0.493 e. The van der Waals surface area contributed by atoms with Gasteiger partial charge in [-0.15, -0.1) is 0 Å². The van der Waals surface area contributed by atoms with E-state index in [9.17, 15) is 9.59 Å². The molecule has 1 amide bonds. The fourth-order valence-corrected chi connectivity index (χ4v) is 2.69. The molecule has 28 heavy (non-hydrogen) atoms. The third-order valence-electron chi connectivity index (χ3n) is 3.72. The maximum atomic E-state index is 11.9. The van der Waals surface area contributed by atoms with Gasteiger partial charge in [-0.3, -0.25) is 4.79 Å². The van der Waals surface area contributed by atoms with Crippen LogP contribution in [-0.4, -0.2) is 38.8 Å². The summed E-state index contributed by atoms with van der Waals surface area (Å²) in [5.41, 5.74) is 1.19. The second-order valence-electron chi connectivity index (χ2n) is 5.75. The van der Waals surface area contributed by atoms with E-state index in [-0.39, 0.29) is 0 Å². The topological polar surface area (TPSA) is 83.1 Å². The van der Waals surface area contributed by atoms with E-state index in [2.05, 4.69) is 5.32 Å². The second kappa shape index (κ2) is 9.14. The summed E-state index contributed by atoms with van der Waals surface area (Å²) >= 11 is 5.85. The average molecular weight is 404 g/mol. The molecule has 2 aromatic rings. The fourth-order valence-electron chi connectivity index (χ4n) is 2.50. The van der Waals surface area contributed by atoms with Crippen molar-refractivity contribution in [3.8, 4) is 17.2 Å². The number of fused-ring (bicyclic) bond motifs is 1. The summed E-state index contributed by atoms with van der Waals surface area (Å²) in [7, 11) is 1.52. The van der Waals surface area contributed by atoms with Crippen LogP contribution >= 0.6 is 11.6 Å². The smallest absolute Gasteiger partial charge is 0.331 e. The van der Waals surface area contributed by atoms with Gasteiger partial charge in [-0.2, -0.15) is 0 Å².